The van der Waals surface area contributed by atoms with E-state index in [9.17, 15) is 9.59 Å². The summed E-state index contributed by atoms with van der Waals surface area (Å²) < 4.78 is 0. The Morgan fingerprint density at radius 3 is 2.35 bits per heavy atom. The summed E-state index contributed by atoms with van der Waals surface area (Å²) in [6.07, 6.45) is 4.65. The molecule has 1 saturated heterocycles. The molecule has 1 aliphatic carbocycles. The monoisotopic (exact) mass is 357 g/mol. The van der Waals surface area contributed by atoms with Crippen molar-refractivity contribution in [3.63, 3.8) is 0 Å². The van der Waals surface area contributed by atoms with Crippen LogP contribution in [-0.2, 0) is 16.1 Å². The molecular weight excluding hydrogens is 326 g/mol. The minimum absolute atomic E-state index is 0.0462. The van der Waals surface area contributed by atoms with Gasteiger partial charge in [-0.2, -0.15) is 0 Å². The largest absolute Gasteiger partial charge is 0.355 e. The minimum atomic E-state index is -0.756. The quantitative estimate of drug-likeness (QED) is 0.574. The highest BCUT2D eigenvalue weighted by Gasteiger charge is 2.57. The van der Waals surface area contributed by atoms with Gasteiger partial charge in [-0.15, -0.1) is 0 Å². The normalized spacial score (nSPS) is 19.2. The third kappa shape index (κ3) is 4.44. The number of hydrogen-bond acceptors (Lipinski definition) is 3. The van der Waals surface area contributed by atoms with Gasteiger partial charge < -0.3 is 10.2 Å². The smallest absolute Gasteiger partial charge is 0.238 e. The fraction of sp³-hybridized carbons (Fsp3) is 0.619. The van der Waals surface area contributed by atoms with Crippen molar-refractivity contribution in [2.45, 2.75) is 45.6 Å². The maximum Gasteiger partial charge on any atom is 0.238 e. The molecule has 5 nitrogen and oxygen atoms in total. The summed E-state index contributed by atoms with van der Waals surface area (Å²) in [5.74, 6) is -0.00447. The molecule has 1 N–H and O–H groups in total. The number of carbonyl (C=O) groups is 2. The van der Waals surface area contributed by atoms with E-state index < -0.39 is 5.41 Å². The topological polar surface area (TPSA) is 52.7 Å². The van der Waals surface area contributed by atoms with Gasteiger partial charge in [0, 0.05) is 39.3 Å². The van der Waals surface area contributed by atoms with Crippen LogP contribution in [-0.4, -0.2) is 54.3 Å². The van der Waals surface area contributed by atoms with Crippen molar-refractivity contribution < 1.29 is 9.59 Å². The van der Waals surface area contributed by atoms with Crippen LogP contribution in [0.25, 0.3) is 0 Å². The SMILES string of the molecule is CCCCCNC(=O)C1(C(=O)N2CCN(Cc3ccccc3)CC2)CC1. The Morgan fingerprint density at radius 2 is 1.73 bits per heavy atom. The Labute approximate surface area is 156 Å². The molecule has 2 fully saturated rings. The minimum Gasteiger partial charge on any atom is -0.355 e. The highest BCUT2D eigenvalue weighted by molar-refractivity contribution is 6.07. The number of hydrogen-bond donors (Lipinski definition) is 1. The Hall–Kier alpha value is -1.88. The lowest BCUT2D eigenvalue weighted by atomic mass is 10.0. The van der Waals surface area contributed by atoms with Gasteiger partial charge in [-0.05, 0) is 24.8 Å². The van der Waals surface area contributed by atoms with E-state index >= 15 is 0 Å². The van der Waals surface area contributed by atoms with Crippen molar-refractivity contribution >= 4 is 11.8 Å². The first kappa shape index (κ1) is 18.9. The molecule has 2 amide bonds. The second-order valence-electron chi connectivity index (χ2n) is 7.60. The lowest BCUT2D eigenvalue weighted by molar-refractivity contribution is -0.145. The van der Waals surface area contributed by atoms with Gasteiger partial charge in [-0.3, -0.25) is 14.5 Å². The van der Waals surface area contributed by atoms with Crippen LogP contribution in [0.15, 0.2) is 30.3 Å². The molecule has 0 bridgehead atoms. The van der Waals surface area contributed by atoms with Crippen molar-refractivity contribution in [3.05, 3.63) is 35.9 Å². The first-order valence-electron chi connectivity index (χ1n) is 9.99. The molecule has 0 spiro atoms. The van der Waals surface area contributed by atoms with Gasteiger partial charge in [0.15, 0.2) is 0 Å². The van der Waals surface area contributed by atoms with Gasteiger partial charge in [0.25, 0.3) is 0 Å². The molecule has 0 radical (unpaired) electrons. The van der Waals surface area contributed by atoms with E-state index in [1.807, 2.05) is 11.0 Å². The number of benzene rings is 1. The second-order valence-corrected chi connectivity index (χ2v) is 7.60. The number of piperazine rings is 1. The highest BCUT2D eigenvalue weighted by atomic mass is 16.2. The fourth-order valence-electron chi connectivity index (χ4n) is 3.66. The van der Waals surface area contributed by atoms with E-state index in [0.717, 1.165) is 52.0 Å². The molecule has 1 saturated carbocycles. The van der Waals surface area contributed by atoms with Crippen LogP contribution >= 0.6 is 0 Å². The molecule has 1 heterocycles. The molecule has 0 aromatic heterocycles. The van der Waals surface area contributed by atoms with Crippen LogP contribution in [0, 0.1) is 5.41 Å². The maximum atomic E-state index is 12.9. The number of carbonyl (C=O) groups excluding carboxylic acids is 2. The van der Waals surface area contributed by atoms with Crippen molar-refractivity contribution in [3.8, 4) is 0 Å². The van der Waals surface area contributed by atoms with Crippen molar-refractivity contribution in [1.29, 1.82) is 0 Å². The number of amides is 2. The van der Waals surface area contributed by atoms with Crippen LogP contribution < -0.4 is 5.32 Å². The van der Waals surface area contributed by atoms with Crippen LogP contribution in [0.3, 0.4) is 0 Å². The van der Waals surface area contributed by atoms with E-state index in [0.29, 0.717) is 19.4 Å². The Morgan fingerprint density at radius 1 is 1.04 bits per heavy atom. The van der Waals surface area contributed by atoms with Gasteiger partial charge in [0.05, 0.1) is 0 Å². The zero-order valence-corrected chi connectivity index (χ0v) is 15.9. The summed E-state index contributed by atoms with van der Waals surface area (Å²) in [7, 11) is 0. The molecular formula is C21H31N3O2. The van der Waals surface area contributed by atoms with Crippen molar-refractivity contribution in [2.24, 2.45) is 5.41 Å². The molecule has 26 heavy (non-hydrogen) atoms. The Kier molecular flexibility index (Phi) is 6.30. The molecule has 2 aliphatic rings. The third-order valence-electron chi connectivity index (χ3n) is 5.57. The molecule has 5 heteroatoms. The molecule has 0 atom stereocenters. The third-order valence-corrected chi connectivity index (χ3v) is 5.57. The zero-order valence-electron chi connectivity index (χ0n) is 15.9. The molecule has 3 rings (SSSR count). The van der Waals surface area contributed by atoms with Crippen molar-refractivity contribution in [1.82, 2.24) is 15.1 Å². The molecule has 1 aromatic carbocycles. The summed E-state index contributed by atoms with van der Waals surface area (Å²) in [4.78, 5) is 29.7. The lowest BCUT2D eigenvalue weighted by Gasteiger charge is -2.36. The summed E-state index contributed by atoms with van der Waals surface area (Å²) >= 11 is 0. The summed E-state index contributed by atoms with van der Waals surface area (Å²) in [5, 5.41) is 2.98. The highest BCUT2D eigenvalue weighted by Crippen LogP contribution is 2.47. The van der Waals surface area contributed by atoms with E-state index in [1.54, 1.807) is 0 Å². The van der Waals surface area contributed by atoms with E-state index in [2.05, 4.69) is 41.4 Å². The number of nitrogens with zero attached hydrogens (tertiary/aromatic N) is 2. The standard InChI is InChI=1S/C21H31N3O2/c1-2-3-7-12-22-19(25)21(10-11-21)20(26)24-15-13-23(14-16-24)17-18-8-5-4-6-9-18/h4-6,8-9H,2-3,7,10-17H2,1H3,(H,22,25). The average Bonchev–Trinajstić information content (AvgIpc) is 3.48. The average molecular weight is 357 g/mol. The predicted octanol–water partition coefficient (Wildman–Crippen LogP) is 2.42. The lowest BCUT2D eigenvalue weighted by Crippen LogP contribution is -2.53. The van der Waals surface area contributed by atoms with Crippen LogP contribution in [0.5, 0.6) is 0 Å². The van der Waals surface area contributed by atoms with Gasteiger partial charge in [0.1, 0.15) is 5.41 Å². The predicted molar refractivity (Wildman–Crippen MR) is 103 cm³/mol. The van der Waals surface area contributed by atoms with Gasteiger partial charge in [0.2, 0.25) is 11.8 Å². The summed E-state index contributed by atoms with van der Waals surface area (Å²) in [5.41, 5.74) is 0.547. The Bertz CT molecular complexity index is 605. The molecule has 142 valence electrons. The summed E-state index contributed by atoms with van der Waals surface area (Å²) in [6, 6.07) is 10.4. The van der Waals surface area contributed by atoms with E-state index in [4.69, 9.17) is 0 Å². The van der Waals surface area contributed by atoms with E-state index in [-0.39, 0.29) is 11.8 Å². The number of nitrogens with one attached hydrogen (secondary N) is 1. The van der Waals surface area contributed by atoms with Crippen LogP contribution in [0.4, 0.5) is 0 Å². The Balaban J connectivity index is 1.46. The first-order valence-corrected chi connectivity index (χ1v) is 9.99. The van der Waals surface area contributed by atoms with E-state index in [1.165, 1.54) is 5.56 Å². The molecule has 1 aliphatic heterocycles. The second kappa shape index (κ2) is 8.67. The van der Waals surface area contributed by atoms with Gasteiger partial charge in [-0.25, -0.2) is 0 Å². The zero-order chi connectivity index (χ0) is 18.4. The van der Waals surface area contributed by atoms with Crippen LogP contribution in [0.1, 0.15) is 44.6 Å². The summed E-state index contributed by atoms with van der Waals surface area (Å²) in [6.45, 7) is 6.93. The van der Waals surface area contributed by atoms with Crippen LogP contribution in [0.2, 0.25) is 0 Å². The fourth-order valence-corrected chi connectivity index (χ4v) is 3.66. The van der Waals surface area contributed by atoms with Crippen molar-refractivity contribution in [2.75, 3.05) is 32.7 Å². The van der Waals surface area contributed by atoms with Gasteiger partial charge in [-0.1, -0.05) is 50.1 Å². The molecule has 1 aromatic rings. The number of rotatable bonds is 8. The maximum absolute atomic E-state index is 12.9. The first-order chi connectivity index (χ1) is 12.7. The van der Waals surface area contributed by atoms with Gasteiger partial charge >= 0.3 is 0 Å². The molecule has 0 unspecified atom stereocenters. The number of unbranched alkanes of at least 4 members (excludes halogenated alkanes) is 2.